The quantitative estimate of drug-likeness (QED) is 0.612. The number of ether oxygens (including phenoxy) is 3. The van der Waals surface area contributed by atoms with Crippen LogP contribution in [-0.4, -0.2) is 44.0 Å². The van der Waals surface area contributed by atoms with E-state index in [0.717, 1.165) is 0 Å². The lowest BCUT2D eigenvalue weighted by atomic mass is 10.1. The normalized spacial score (nSPS) is 10.0. The minimum atomic E-state index is -0.403. The summed E-state index contributed by atoms with van der Waals surface area (Å²) in [6.45, 7) is 0.0612. The van der Waals surface area contributed by atoms with Gasteiger partial charge in [-0.3, -0.25) is 9.89 Å². The fourth-order valence-electron chi connectivity index (χ4n) is 2.74. The van der Waals surface area contributed by atoms with E-state index >= 15 is 0 Å². The van der Waals surface area contributed by atoms with Gasteiger partial charge in [-0.15, -0.1) is 0 Å². The molecule has 0 unspecified atom stereocenters. The first-order valence-corrected chi connectivity index (χ1v) is 8.94. The van der Waals surface area contributed by atoms with Crippen LogP contribution in [-0.2, 0) is 0 Å². The molecule has 0 atom stereocenters. The highest BCUT2D eigenvalue weighted by molar-refractivity contribution is 5.93. The molecule has 0 aliphatic rings. The minimum Gasteiger partial charge on any atom is -0.493 e. The van der Waals surface area contributed by atoms with Crippen LogP contribution in [0.5, 0.6) is 17.2 Å². The van der Waals surface area contributed by atoms with Crippen molar-refractivity contribution in [1.82, 2.24) is 15.5 Å². The SMILES string of the molecule is COc1cc(-c2cc(C(=O)NCC#Cc3ccccc3F)[nH]n2)cc(OC)c1OC. The van der Waals surface area contributed by atoms with E-state index in [2.05, 4.69) is 27.4 Å². The predicted molar refractivity (Wildman–Crippen MR) is 109 cm³/mol. The average molecular weight is 409 g/mol. The Hall–Kier alpha value is -3.99. The lowest BCUT2D eigenvalue weighted by Gasteiger charge is -2.13. The Morgan fingerprint density at radius 2 is 1.80 bits per heavy atom. The van der Waals surface area contributed by atoms with Gasteiger partial charge in [0.1, 0.15) is 11.5 Å². The number of nitrogens with zero attached hydrogens (tertiary/aromatic N) is 1. The van der Waals surface area contributed by atoms with Crippen molar-refractivity contribution < 1.29 is 23.4 Å². The first-order chi connectivity index (χ1) is 14.6. The molecule has 154 valence electrons. The van der Waals surface area contributed by atoms with Gasteiger partial charge in [-0.25, -0.2) is 4.39 Å². The third-order valence-electron chi connectivity index (χ3n) is 4.22. The summed E-state index contributed by atoms with van der Waals surface area (Å²) >= 11 is 0. The number of benzene rings is 2. The van der Waals surface area contributed by atoms with Gasteiger partial charge in [-0.05, 0) is 30.3 Å². The fraction of sp³-hybridized carbons (Fsp3) is 0.182. The number of carbonyl (C=O) groups is 1. The number of H-pyrrole nitrogens is 1. The zero-order chi connectivity index (χ0) is 21.5. The van der Waals surface area contributed by atoms with Crippen LogP contribution in [0.1, 0.15) is 16.1 Å². The molecule has 0 saturated heterocycles. The molecule has 0 radical (unpaired) electrons. The van der Waals surface area contributed by atoms with Crippen LogP contribution in [0.2, 0.25) is 0 Å². The molecule has 0 spiro atoms. The van der Waals surface area contributed by atoms with E-state index in [1.54, 1.807) is 36.4 Å². The molecular weight excluding hydrogens is 389 g/mol. The van der Waals surface area contributed by atoms with Crippen LogP contribution in [0.3, 0.4) is 0 Å². The molecule has 1 aromatic heterocycles. The number of rotatable bonds is 6. The molecule has 7 nitrogen and oxygen atoms in total. The summed E-state index contributed by atoms with van der Waals surface area (Å²) in [7, 11) is 4.56. The van der Waals surface area contributed by atoms with Gasteiger partial charge in [0.2, 0.25) is 5.75 Å². The second kappa shape index (κ2) is 9.47. The van der Waals surface area contributed by atoms with E-state index in [4.69, 9.17) is 14.2 Å². The molecule has 2 N–H and O–H groups in total. The van der Waals surface area contributed by atoms with Crippen molar-refractivity contribution >= 4 is 5.91 Å². The molecule has 3 rings (SSSR count). The smallest absolute Gasteiger partial charge is 0.270 e. The number of methoxy groups -OCH3 is 3. The second-order valence-corrected chi connectivity index (χ2v) is 6.05. The second-order valence-electron chi connectivity index (χ2n) is 6.05. The van der Waals surface area contributed by atoms with Crippen LogP contribution in [0.15, 0.2) is 42.5 Å². The lowest BCUT2D eigenvalue weighted by molar-refractivity contribution is 0.0953. The Labute approximate surface area is 173 Å². The highest BCUT2D eigenvalue weighted by Crippen LogP contribution is 2.40. The number of aromatic nitrogens is 2. The van der Waals surface area contributed by atoms with Gasteiger partial charge in [0.25, 0.3) is 5.91 Å². The van der Waals surface area contributed by atoms with Crippen LogP contribution in [0, 0.1) is 17.7 Å². The number of hydrogen-bond donors (Lipinski definition) is 2. The molecule has 8 heteroatoms. The number of carbonyl (C=O) groups excluding carboxylic acids is 1. The van der Waals surface area contributed by atoms with E-state index in [-0.39, 0.29) is 23.7 Å². The predicted octanol–water partition coefficient (Wildman–Crippen LogP) is 3.02. The van der Waals surface area contributed by atoms with Gasteiger partial charge in [-0.2, -0.15) is 5.10 Å². The first-order valence-electron chi connectivity index (χ1n) is 8.94. The van der Waals surface area contributed by atoms with Gasteiger partial charge < -0.3 is 19.5 Å². The molecule has 30 heavy (non-hydrogen) atoms. The zero-order valence-corrected chi connectivity index (χ0v) is 16.7. The molecule has 1 heterocycles. The number of halogens is 1. The summed E-state index contributed by atoms with van der Waals surface area (Å²) in [5.41, 5.74) is 1.74. The zero-order valence-electron chi connectivity index (χ0n) is 16.7. The maximum absolute atomic E-state index is 13.5. The van der Waals surface area contributed by atoms with Crippen molar-refractivity contribution in [2.45, 2.75) is 0 Å². The van der Waals surface area contributed by atoms with Crippen molar-refractivity contribution in [2.24, 2.45) is 0 Å². The fourth-order valence-corrected chi connectivity index (χ4v) is 2.74. The summed E-state index contributed by atoms with van der Waals surface area (Å²) in [6.07, 6.45) is 0. The molecule has 0 aliphatic heterocycles. The number of amides is 1. The molecule has 0 aliphatic carbocycles. The van der Waals surface area contributed by atoms with Gasteiger partial charge in [0.15, 0.2) is 11.5 Å². The van der Waals surface area contributed by atoms with Crippen molar-refractivity contribution in [3.05, 3.63) is 59.5 Å². The molecule has 3 aromatic rings. The van der Waals surface area contributed by atoms with E-state index in [9.17, 15) is 9.18 Å². The largest absolute Gasteiger partial charge is 0.493 e. The highest BCUT2D eigenvalue weighted by Gasteiger charge is 2.17. The van der Waals surface area contributed by atoms with Crippen molar-refractivity contribution in [1.29, 1.82) is 0 Å². The average Bonchev–Trinajstić information content (AvgIpc) is 3.27. The van der Waals surface area contributed by atoms with E-state index in [1.807, 2.05) is 0 Å². The summed E-state index contributed by atoms with van der Waals surface area (Å²) in [5.74, 6) is 6.03. The van der Waals surface area contributed by atoms with Gasteiger partial charge in [-0.1, -0.05) is 24.0 Å². The number of hydrogen-bond acceptors (Lipinski definition) is 5. The monoisotopic (exact) mass is 409 g/mol. The Morgan fingerprint density at radius 1 is 1.10 bits per heavy atom. The minimum absolute atomic E-state index is 0.0612. The Balaban J connectivity index is 1.72. The summed E-state index contributed by atoms with van der Waals surface area (Å²) in [4.78, 5) is 12.3. The van der Waals surface area contributed by atoms with E-state index in [0.29, 0.717) is 28.5 Å². The highest BCUT2D eigenvalue weighted by atomic mass is 19.1. The van der Waals surface area contributed by atoms with E-state index in [1.165, 1.54) is 27.4 Å². The van der Waals surface area contributed by atoms with E-state index < -0.39 is 5.82 Å². The number of aromatic amines is 1. The Bertz CT molecular complexity index is 1090. The van der Waals surface area contributed by atoms with Crippen molar-refractivity contribution in [3.8, 4) is 40.3 Å². The Morgan fingerprint density at radius 3 is 2.43 bits per heavy atom. The Kier molecular flexibility index (Phi) is 6.55. The molecule has 1 amide bonds. The van der Waals surface area contributed by atoms with Gasteiger partial charge in [0.05, 0.1) is 39.1 Å². The number of nitrogens with one attached hydrogen (secondary N) is 2. The standard InChI is InChI=1S/C22H20FN3O4/c1-28-19-11-15(12-20(29-2)21(19)30-3)17-13-18(26-25-17)22(27)24-10-6-8-14-7-4-5-9-16(14)23/h4-5,7,9,11-13H,10H2,1-3H3,(H,24,27)(H,25,26). The molecule has 0 bridgehead atoms. The maximum atomic E-state index is 13.5. The maximum Gasteiger partial charge on any atom is 0.270 e. The van der Waals surface area contributed by atoms with Crippen molar-refractivity contribution in [2.75, 3.05) is 27.9 Å². The third kappa shape index (κ3) is 4.52. The summed E-state index contributed by atoms with van der Waals surface area (Å²) in [6, 6.07) is 11.3. The van der Waals surface area contributed by atoms with Crippen LogP contribution in [0.4, 0.5) is 4.39 Å². The topological polar surface area (TPSA) is 85.5 Å². The lowest BCUT2D eigenvalue weighted by Crippen LogP contribution is -2.23. The first kappa shape index (κ1) is 20.7. The van der Waals surface area contributed by atoms with Gasteiger partial charge >= 0.3 is 0 Å². The van der Waals surface area contributed by atoms with Crippen molar-refractivity contribution in [3.63, 3.8) is 0 Å². The van der Waals surface area contributed by atoms with Crippen LogP contribution < -0.4 is 19.5 Å². The van der Waals surface area contributed by atoms with Crippen LogP contribution in [0.25, 0.3) is 11.3 Å². The molecular formula is C22H20FN3O4. The summed E-state index contributed by atoms with van der Waals surface area (Å²) in [5, 5.41) is 9.51. The van der Waals surface area contributed by atoms with Crippen LogP contribution >= 0.6 is 0 Å². The molecule has 2 aromatic carbocycles. The molecule has 0 saturated carbocycles. The molecule has 0 fully saturated rings. The third-order valence-corrected chi connectivity index (χ3v) is 4.22. The van der Waals surface area contributed by atoms with Gasteiger partial charge in [0, 0.05) is 5.56 Å². The summed E-state index contributed by atoms with van der Waals surface area (Å²) < 4.78 is 29.5.